The summed E-state index contributed by atoms with van der Waals surface area (Å²) < 4.78 is 10.7. The summed E-state index contributed by atoms with van der Waals surface area (Å²) in [4.78, 5) is 34.6. The molecule has 0 aromatic carbocycles. The Labute approximate surface area is 188 Å². The molecule has 0 aliphatic heterocycles. The van der Waals surface area contributed by atoms with E-state index in [2.05, 4.69) is 12.2 Å². The van der Waals surface area contributed by atoms with Crippen molar-refractivity contribution in [1.82, 2.24) is 5.32 Å². The molecule has 0 unspecified atom stereocenters. The molecule has 31 heavy (non-hydrogen) atoms. The van der Waals surface area contributed by atoms with Gasteiger partial charge < -0.3 is 19.9 Å². The summed E-state index contributed by atoms with van der Waals surface area (Å²) in [6.07, 6.45) is 13.5. The molecule has 0 radical (unpaired) electrons. The monoisotopic (exact) mass is 443 g/mol. The standard InChI is InChI=1S/C24H45NO6/c1-5-6-7-8-9-10-11-12-13-14-15-16-17-23(30-20(3)28)24(31-21(4)29)22(18-26)25-19(2)27/h22-24,26H,5-18H2,1-4H3,(H,25,27)/t22-,23+,24-/m0/s1. The number of rotatable bonds is 19. The summed E-state index contributed by atoms with van der Waals surface area (Å²) in [5.74, 6) is -1.40. The fourth-order valence-electron chi connectivity index (χ4n) is 3.79. The Morgan fingerprint density at radius 3 is 1.58 bits per heavy atom. The van der Waals surface area contributed by atoms with E-state index in [-0.39, 0.29) is 5.91 Å². The number of carbonyl (C=O) groups is 3. The summed E-state index contributed by atoms with van der Waals surface area (Å²) in [6.45, 7) is 5.68. The highest BCUT2D eigenvalue weighted by atomic mass is 16.6. The lowest BCUT2D eigenvalue weighted by atomic mass is 9.98. The number of amides is 1. The molecule has 0 bridgehead atoms. The van der Waals surface area contributed by atoms with E-state index in [4.69, 9.17) is 9.47 Å². The molecule has 0 aliphatic carbocycles. The van der Waals surface area contributed by atoms with Gasteiger partial charge in [-0.1, -0.05) is 77.6 Å². The highest BCUT2D eigenvalue weighted by molar-refractivity contribution is 5.73. The minimum Gasteiger partial charge on any atom is -0.459 e. The van der Waals surface area contributed by atoms with Crippen LogP contribution in [0, 0.1) is 0 Å². The topological polar surface area (TPSA) is 102 Å². The molecule has 0 aromatic heterocycles. The van der Waals surface area contributed by atoms with Crippen molar-refractivity contribution in [3.05, 3.63) is 0 Å². The highest BCUT2D eigenvalue weighted by Crippen LogP contribution is 2.19. The Morgan fingerprint density at radius 2 is 1.19 bits per heavy atom. The second-order valence-electron chi connectivity index (χ2n) is 8.39. The molecule has 0 fully saturated rings. The second-order valence-corrected chi connectivity index (χ2v) is 8.39. The predicted molar refractivity (Wildman–Crippen MR) is 121 cm³/mol. The van der Waals surface area contributed by atoms with Crippen LogP contribution in [0.2, 0.25) is 0 Å². The molecule has 0 aliphatic rings. The van der Waals surface area contributed by atoms with Gasteiger partial charge in [-0.3, -0.25) is 14.4 Å². The zero-order valence-corrected chi connectivity index (χ0v) is 20.1. The molecule has 0 aromatic rings. The van der Waals surface area contributed by atoms with Gasteiger partial charge in [0.15, 0.2) is 6.10 Å². The first-order valence-corrected chi connectivity index (χ1v) is 12.0. The third-order valence-corrected chi connectivity index (χ3v) is 5.31. The van der Waals surface area contributed by atoms with Crippen molar-refractivity contribution in [2.45, 2.75) is 129 Å². The second kappa shape index (κ2) is 19.1. The van der Waals surface area contributed by atoms with Gasteiger partial charge in [-0.2, -0.15) is 0 Å². The van der Waals surface area contributed by atoms with E-state index in [0.29, 0.717) is 6.42 Å². The van der Waals surface area contributed by atoms with Gasteiger partial charge in [0.25, 0.3) is 0 Å². The zero-order valence-electron chi connectivity index (χ0n) is 20.1. The van der Waals surface area contributed by atoms with Crippen LogP contribution in [0.5, 0.6) is 0 Å². The fourth-order valence-corrected chi connectivity index (χ4v) is 3.79. The van der Waals surface area contributed by atoms with Crippen LogP contribution in [0.15, 0.2) is 0 Å². The summed E-state index contributed by atoms with van der Waals surface area (Å²) in [5.41, 5.74) is 0. The number of aliphatic hydroxyl groups excluding tert-OH is 1. The van der Waals surface area contributed by atoms with Crippen molar-refractivity contribution in [3.8, 4) is 0 Å². The maximum atomic E-state index is 11.6. The number of esters is 2. The SMILES string of the molecule is CCCCCCCCCCCCCC[C@@H](OC(C)=O)[C@@H](OC(C)=O)[C@H](CO)NC(C)=O. The number of hydrogen-bond acceptors (Lipinski definition) is 6. The number of hydrogen-bond donors (Lipinski definition) is 2. The molecule has 0 saturated heterocycles. The summed E-state index contributed by atoms with van der Waals surface area (Å²) in [7, 11) is 0. The van der Waals surface area contributed by atoms with E-state index in [1.54, 1.807) is 0 Å². The number of nitrogens with one attached hydrogen (secondary N) is 1. The third kappa shape index (κ3) is 16.7. The number of carbonyl (C=O) groups excluding carboxylic acids is 3. The molecule has 3 atom stereocenters. The first kappa shape index (κ1) is 29.4. The Morgan fingerprint density at radius 1 is 0.742 bits per heavy atom. The van der Waals surface area contributed by atoms with E-state index < -0.39 is 36.8 Å². The number of ether oxygens (including phenoxy) is 2. The first-order chi connectivity index (χ1) is 14.8. The van der Waals surface area contributed by atoms with Crippen molar-refractivity contribution in [2.24, 2.45) is 0 Å². The van der Waals surface area contributed by atoms with Crippen LogP contribution in [0.25, 0.3) is 0 Å². The molecule has 0 rings (SSSR count). The van der Waals surface area contributed by atoms with Gasteiger partial charge in [-0.05, 0) is 12.8 Å². The van der Waals surface area contributed by atoms with Gasteiger partial charge >= 0.3 is 11.9 Å². The van der Waals surface area contributed by atoms with Crippen LogP contribution in [-0.2, 0) is 23.9 Å². The normalized spacial score (nSPS) is 13.8. The third-order valence-electron chi connectivity index (χ3n) is 5.31. The van der Waals surface area contributed by atoms with Crippen LogP contribution < -0.4 is 5.32 Å². The van der Waals surface area contributed by atoms with Crippen LogP contribution >= 0.6 is 0 Å². The maximum Gasteiger partial charge on any atom is 0.303 e. The smallest absolute Gasteiger partial charge is 0.303 e. The maximum absolute atomic E-state index is 11.6. The Balaban J connectivity index is 4.41. The van der Waals surface area contributed by atoms with Gasteiger partial charge in [-0.25, -0.2) is 0 Å². The van der Waals surface area contributed by atoms with Gasteiger partial charge in [0.2, 0.25) is 5.91 Å². The summed E-state index contributed by atoms with van der Waals surface area (Å²) >= 11 is 0. The van der Waals surface area contributed by atoms with E-state index in [1.807, 2.05) is 0 Å². The van der Waals surface area contributed by atoms with Gasteiger partial charge in [0, 0.05) is 20.8 Å². The van der Waals surface area contributed by atoms with Gasteiger partial charge in [0.1, 0.15) is 6.10 Å². The van der Waals surface area contributed by atoms with Crippen molar-refractivity contribution in [3.63, 3.8) is 0 Å². The van der Waals surface area contributed by atoms with E-state index in [9.17, 15) is 19.5 Å². The van der Waals surface area contributed by atoms with E-state index >= 15 is 0 Å². The Hall–Kier alpha value is -1.63. The quantitative estimate of drug-likeness (QED) is 0.226. The Kier molecular flexibility index (Phi) is 18.1. The van der Waals surface area contributed by atoms with Crippen molar-refractivity contribution < 1.29 is 29.0 Å². The molecule has 182 valence electrons. The van der Waals surface area contributed by atoms with Crippen LogP contribution in [0.4, 0.5) is 0 Å². The van der Waals surface area contributed by atoms with Crippen LogP contribution in [-0.4, -0.2) is 47.8 Å². The van der Waals surface area contributed by atoms with Gasteiger partial charge in [0.05, 0.1) is 12.6 Å². The average Bonchev–Trinajstić information content (AvgIpc) is 2.69. The molecule has 1 amide bonds. The van der Waals surface area contributed by atoms with E-state index in [1.165, 1.54) is 78.6 Å². The Bertz CT molecular complexity index is 496. The van der Waals surface area contributed by atoms with Gasteiger partial charge in [-0.15, -0.1) is 0 Å². The largest absolute Gasteiger partial charge is 0.459 e. The average molecular weight is 444 g/mol. The lowest BCUT2D eigenvalue weighted by Gasteiger charge is -2.32. The highest BCUT2D eigenvalue weighted by Gasteiger charge is 2.34. The molecule has 0 saturated carbocycles. The molecule has 7 nitrogen and oxygen atoms in total. The summed E-state index contributed by atoms with van der Waals surface area (Å²) in [5, 5.41) is 12.2. The number of aliphatic hydroxyl groups is 1. The van der Waals surface area contributed by atoms with Crippen LogP contribution in [0.1, 0.15) is 111 Å². The molecule has 2 N–H and O–H groups in total. The van der Waals surface area contributed by atoms with Crippen LogP contribution in [0.3, 0.4) is 0 Å². The van der Waals surface area contributed by atoms with Crippen molar-refractivity contribution in [1.29, 1.82) is 0 Å². The lowest BCUT2D eigenvalue weighted by molar-refractivity contribution is -0.170. The molecular formula is C24H45NO6. The minimum absolute atomic E-state index is 0.358. The fraction of sp³-hybridized carbons (Fsp3) is 0.875. The molecular weight excluding hydrogens is 398 g/mol. The predicted octanol–water partition coefficient (Wildman–Crippen LogP) is 4.44. The lowest BCUT2D eigenvalue weighted by Crippen LogP contribution is -2.53. The van der Waals surface area contributed by atoms with E-state index in [0.717, 1.165) is 19.3 Å². The first-order valence-electron chi connectivity index (χ1n) is 12.0. The van der Waals surface area contributed by atoms with Crippen molar-refractivity contribution in [2.75, 3.05) is 6.61 Å². The molecule has 0 spiro atoms. The zero-order chi connectivity index (χ0) is 23.5. The summed E-state index contributed by atoms with van der Waals surface area (Å²) in [6, 6.07) is -0.830. The molecule has 7 heteroatoms. The van der Waals surface area contributed by atoms with Crippen molar-refractivity contribution >= 4 is 17.8 Å². The molecule has 0 heterocycles. The number of unbranched alkanes of at least 4 members (excludes halogenated alkanes) is 11. The minimum atomic E-state index is -0.928.